The van der Waals surface area contributed by atoms with Crippen molar-refractivity contribution in [3.63, 3.8) is 0 Å². The number of para-hydroxylation sites is 1. The summed E-state index contributed by atoms with van der Waals surface area (Å²) in [4.78, 5) is 10.4. The molecule has 0 spiro atoms. The van der Waals surface area contributed by atoms with Gasteiger partial charge in [0.05, 0.1) is 11.4 Å². The number of nitrogens with zero attached hydrogens (tertiary/aromatic N) is 2. The molecule has 0 unspecified atom stereocenters. The molecule has 208 valence electrons. The standard InChI is InChI=1S/C41H28N2O/c1-41(2)33-17-10-16-30(39(33)32-21-26-13-6-7-14-27(26)23-34(32)41)36-24-35(42-40(43-36)25-11-4-3-5-12-25)28-19-20-38-31(22-28)29-15-8-9-18-37(29)44-38/h3-24H,1-2H3. The predicted molar refractivity (Wildman–Crippen MR) is 181 cm³/mol. The zero-order valence-corrected chi connectivity index (χ0v) is 24.5. The third kappa shape index (κ3) is 3.69. The van der Waals surface area contributed by atoms with E-state index in [4.69, 9.17) is 14.4 Å². The lowest BCUT2D eigenvalue weighted by atomic mass is 9.81. The van der Waals surface area contributed by atoms with Crippen LogP contribution in [0, 0.1) is 0 Å². The second kappa shape index (κ2) is 9.23. The van der Waals surface area contributed by atoms with Crippen molar-refractivity contribution >= 4 is 32.7 Å². The highest BCUT2D eigenvalue weighted by molar-refractivity contribution is 6.06. The Hall–Kier alpha value is -5.54. The van der Waals surface area contributed by atoms with Gasteiger partial charge in [0.2, 0.25) is 0 Å². The van der Waals surface area contributed by atoms with E-state index in [0.717, 1.165) is 50.0 Å². The molecular formula is C41H28N2O. The minimum absolute atomic E-state index is 0.129. The number of aromatic nitrogens is 2. The van der Waals surface area contributed by atoms with Gasteiger partial charge in [-0.3, -0.25) is 0 Å². The fourth-order valence-electron chi connectivity index (χ4n) is 7.02. The van der Waals surface area contributed by atoms with Gasteiger partial charge >= 0.3 is 0 Å². The summed E-state index contributed by atoms with van der Waals surface area (Å²) in [5, 5.41) is 4.71. The van der Waals surface area contributed by atoms with Gasteiger partial charge in [-0.25, -0.2) is 9.97 Å². The summed E-state index contributed by atoms with van der Waals surface area (Å²) in [7, 11) is 0. The maximum absolute atomic E-state index is 6.13. The Morgan fingerprint density at radius 1 is 0.500 bits per heavy atom. The average molecular weight is 565 g/mol. The summed E-state index contributed by atoms with van der Waals surface area (Å²) in [6.07, 6.45) is 0. The Morgan fingerprint density at radius 2 is 1.23 bits per heavy atom. The number of furan rings is 1. The van der Waals surface area contributed by atoms with Crippen LogP contribution in [0.15, 0.2) is 138 Å². The topological polar surface area (TPSA) is 38.9 Å². The van der Waals surface area contributed by atoms with Crippen LogP contribution in [-0.4, -0.2) is 9.97 Å². The van der Waals surface area contributed by atoms with Crippen LogP contribution in [0.25, 0.3) is 77.7 Å². The maximum Gasteiger partial charge on any atom is 0.160 e. The van der Waals surface area contributed by atoms with E-state index in [1.165, 1.54) is 33.0 Å². The summed E-state index contributed by atoms with van der Waals surface area (Å²) < 4.78 is 6.13. The van der Waals surface area contributed by atoms with Gasteiger partial charge in [0.25, 0.3) is 0 Å². The molecule has 1 aliphatic rings. The fourth-order valence-corrected chi connectivity index (χ4v) is 7.02. The minimum Gasteiger partial charge on any atom is -0.456 e. The highest BCUT2D eigenvalue weighted by atomic mass is 16.3. The first-order valence-electron chi connectivity index (χ1n) is 15.1. The molecule has 2 aromatic heterocycles. The Balaban J connectivity index is 1.30. The summed E-state index contributed by atoms with van der Waals surface area (Å²) in [5.74, 6) is 0.712. The molecule has 3 nitrogen and oxygen atoms in total. The SMILES string of the molecule is CC1(C)c2cc3ccccc3cc2-c2c(-c3cc(-c4ccc5oc6ccccc6c5c4)nc(-c4ccccc4)n3)cccc21. The van der Waals surface area contributed by atoms with Gasteiger partial charge in [0.1, 0.15) is 11.2 Å². The predicted octanol–water partition coefficient (Wildman–Crippen LogP) is 10.8. The van der Waals surface area contributed by atoms with Crippen molar-refractivity contribution in [1.29, 1.82) is 0 Å². The molecule has 1 aliphatic carbocycles. The molecular weight excluding hydrogens is 536 g/mol. The second-order valence-electron chi connectivity index (χ2n) is 12.2. The molecule has 0 aliphatic heterocycles. The molecule has 2 heterocycles. The average Bonchev–Trinajstić information content (AvgIpc) is 3.55. The van der Waals surface area contributed by atoms with Crippen LogP contribution in [0.2, 0.25) is 0 Å². The zero-order valence-electron chi connectivity index (χ0n) is 24.5. The van der Waals surface area contributed by atoms with Crippen LogP contribution in [0.4, 0.5) is 0 Å². The molecule has 0 saturated carbocycles. The van der Waals surface area contributed by atoms with Crippen molar-refractivity contribution in [2.45, 2.75) is 19.3 Å². The second-order valence-corrected chi connectivity index (χ2v) is 12.2. The summed E-state index contributed by atoms with van der Waals surface area (Å²) >= 11 is 0. The Morgan fingerprint density at radius 3 is 2.09 bits per heavy atom. The number of benzene rings is 6. The van der Waals surface area contributed by atoms with Crippen LogP contribution >= 0.6 is 0 Å². The molecule has 0 N–H and O–H groups in total. The fraction of sp³-hybridized carbons (Fsp3) is 0.0732. The number of rotatable bonds is 3. The van der Waals surface area contributed by atoms with Gasteiger partial charge in [-0.1, -0.05) is 105 Å². The molecule has 3 heteroatoms. The largest absolute Gasteiger partial charge is 0.456 e. The Labute approximate surface area is 255 Å². The van der Waals surface area contributed by atoms with Crippen molar-refractivity contribution in [3.05, 3.63) is 145 Å². The van der Waals surface area contributed by atoms with Gasteiger partial charge in [-0.15, -0.1) is 0 Å². The first kappa shape index (κ1) is 25.0. The van der Waals surface area contributed by atoms with Crippen molar-refractivity contribution < 1.29 is 4.42 Å². The molecule has 9 rings (SSSR count). The first-order chi connectivity index (χ1) is 21.5. The molecule has 0 atom stereocenters. The van der Waals surface area contributed by atoms with E-state index in [0.29, 0.717) is 5.82 Å². The van der Waals surface area contributed by atoms with E-state index in [2.05, 4.69) is 117 Å². The smallest absolute Gasteiger partial charge is 0.160 e. The first-order valence-corrected chi connectivity index (χ1v) is 15.1. The number of hydrogen-bond donors (Lipinski definition) is 0. The van der Waals surface area contributed by atoms with Crippen LogP contribution in [0.5, 0.6) is 0 Å². The molecule has 0 amide bonds. The van der Waals surface area contributed by atoms with Gasteiger partial charge in [0.15, 0.2) is 5.82 Å². The van der Waals surface area contributed by atoms with Crippen molar-refractivity contribution in [2.24, 2.45) is 0 Å². The van der Waals surface area contributed by atoms with Gasteiger partial charge in [-0.2, -0.15) is 0 Å². The summed E-state index contributed by atoms with van der Waals surface area (Å²) in [6, 6.07) is 47.0. The third-order valence-corrected chi connectivity index (χ3v) is 9.27. The lowest BCUT2D eigenvalue weighted by Gasteiger charge is -2.22. The lowest BCUT2D eigenvalue weighted by molar-refractivity contribution is 0.661. The molecule has 0 radical (unpaired) electrons. The molecule has 0 bridgehead atoms. The number of hydrogen-bond acceptors (Lipinski definition) is 3. The monoisotopic (exact) mass is 564 g/mol. The van der Waals surface area contributed by atoms with E-state index < -0.39 is 0 Å². The van der Waals surface area contributed by atoms with E-state index in [1.807, 2.05) is 30.3 Å². The summed E-state index contributed by atoms with van der Waals surface area (Å²) in [5.41, 5.74) is 11.8. The van der Waals surface area contributed by atoms with Gasteiger partial charge < -0.3 is 4.42 Å². The maximum atomic E-state index is 6.13. The van der Waals surface area contributed by atoms with E-state index in [-0.39, 0.29) is 5.41 Å². The minimum atomic E-state index is -0.129. The lowest BCUT2D eigenvalue weighted by Crippen LogP contribution is -2.14. The van der Waals surface area contributed by atoms with Crippen LogP contribution in [-0.2, 0) is 5.41 Å². The Bertz CT molecular complexity index is 2420. The van der Waals surface area contributed by atoms with Crippen LogP contribution in [0.1, 0.15) is 25.0 Å². The van der Waals surface area contributed by atoms with E-state index in [1.54, 1.807) is 0 Å². The van der Waals surface area contributed by atoms with Gasteiger partial charge in [-0.05, 0) is 75.5 Å². The molecule has 8 aromatic rings. The normalized spacial score (nSPS) is 13.4. The van der Waals surface area contributed by atoms with Gasteiger partial charge in [0, 0.05) is 32.9 Å². The van der Waals surface area contributed by atoms with Crippen LogP contribution < -0.4 is 0 Å². The van der Waals surface area contributed by atoms with Crippen molar-refractivity contribution in [1.82, 2.24) is 9.97 Å². The highest BCUT2D eigenvalue weighted by Crippen LogP contribution is 2.53. The third-order valence-electron chi connectivity index (χ3n) is 9.27. The van der Waals surface area contributed by atoms with Crippen LogP contribution in [0.3, 0.4) is 0 Å². The highest BCUT2D eigenvalue weighted by Gasteiger charge is 2.37. The molecule has 44 heavy (non-hydrogen) atoms. The molecule has 0 fully saturated rings. The van der Waals surface area contributed by atoms with E-state index in [9.17, 15) is 0 Å². The number of fused-ring (bicyclic) bond motifs is 7. The molecule has 6 aromatic carbocycles. The quantitative estimate of drug-likeness (QED) is 0.214. The van der Waals surface area contributed by atoms with Crippen molar-refractivity contribution in [3.8, 4) is 45.0 Å². The van der Waals surface area contributed by atoms with E-state index >= 15 is 0 Å². The molecule has 0 saturated heterocycles. The zero-order chi connectivity index (χ0) is 29.4. The Kier molecular flexibility index (Phi) is 5.24. The van der Waals surface area contributed by atoms with Crippen molar-refractivity contribution in [2.75, 3.05) is 0 Å². The summed E-state index contributed by atoms with van der Waals surface area (Å²) in [6.45, 7) is 4.67.